The minimum Gasteiger partial charge on any atom is -0.299 e. The van der Waals surface area contributed by atoms with E-state index in [1.165, 1.54) is 37.1 Å². The Morgan fingerprint density at radius 3 is 2.03 bits per heavy atom. The zero-order valence-corrected chi connectivity index (χ0v) is 20.7. The minimum atomic E-state index is 0.952. The summed E-state index contributed by atoms with van der Waals surface area (Å²) < 4.78 is 5.97. The molecule has 0 unspecified atom stereocenters. The molecule has 0 aliphatic rings. The van der Waals surface area contributed by atoms with Crippen LogP contribution in [0.3, 0.4) is 0 Å². The fourth-order valence-electron chi connectivity index (χ4n) is 5.51. The van der Waals surface area contributed by atoms with Gasteiger partial charge in [-0.1, -0.05) is 84.9 Å². The topological polar surface area (TPSA) is 22.2 Å². The maximum absolute atomic E-state index is 5.04. The Bertz CT molecular complexity index is 2080. The molecular formula is C33H21N3S. The van der Waals surface area contributed by atoms with Gasteiger partial charge in [0, 0.05) is 22.2 Å². The molecule has 5 aromatic carbocycles. The van der Waals surface area contributed by atoms with Gasteiger partial charge in [0.25, 0.3) is 0 Å². The highest BCUT2D eigenvalue weighted by molar-refractivity contribution is 7.24. The second kappa shape index (κ2) is 7.92. The van der Waals surface area contributed by atoms with Crippen LogP contribution in [0.15, 0.2) is 127 Å². The first-order valence-corrected chi connectivity index (χ1v) is 13.2. The lowest BCUT2D eigenvalue weighted by Gasteiger charge is -2.10. The van der Waals surface area contributed by atoms with E-state index in [9.17, 15) is 0 Å². The van der Waals surface area contributed by atoms with Crippen molar-refractivity contribution in [2.24, 2.45) is 0 Å². The molecule has 0 N–H and O–H groups in total. The fourth-order valence-corrected chi connectivity index (χ4v) is 6.74. The van der Waals surface area contributed by atoms with Gasteiger partial charge in [-0.05, 0) is 48.0 Å². The SMILES string of the molecule is c1ccc(-n2c(-c3ccc(-c4c5ccccc5n5c4sc4ccccc45)cc3)nc3ccccc32)cc1. The quantitative estimate of drug-likeness (QED) is 0.242. The highest BCUT2D eigenvalue weighted by atomic mass is 32.1. The molecule has 8 rings (SSSR count). The number of aromatic nitrogens is 3. The first-order chi connectivity index (χ1) is 18.4. The molecule has 0 aliphatic heterocycles. The largest absolute Gasteiger partial charge is 0.299 e. The summed E-state index contributed by atoms with van der Waals surface area (Å²) in [7, 11) is 0. The maximum atomic E-state index is 5.04. The standard InChI is InChI=1S/C33H21N3S/c1-2-10-24(11-3-1)35-28-15-7-5-13-26(28)34-32(35)23-20-18-22(19-21-23)31-25-12-4-6-14-27(25)36-29-16-8-9-17-30(29)37-33(31)36/h1-21H. The zero-order valence-electron chi connectivity index (χ0n) is 19.9. The van der Waals surface area contributed by atoms with Gasteiger partial charge in [0.2, 0.25) is 0 Å². The van der Waals surface area contributed by atoms with Gasteiger partial charge in [-0.25, -0.2) is 4.98 Å². The van der Waals surface area contributed by atoms with Crippen LogP contribution in [-0.2, 0) is 0 Å². The molecule has 0 atom stereocenters. The second-order valence-electron chi connectivity index (χ2n) is 9.27. The van der Waals surface area contributed by atoms with Crippen molar-refractivity contribution < 1.29 is 0 Å². The van der Waals surface area contributed by atoms with Crippen molar-refractivity contribution in [1.82, 2.24) is 14.0 Å². The number of benzene rings is 5. The number of hydrogen-bond donors (Lipinski definition) is 0. The molecule has 8 aromatic rings. The number of imidazole rings is 1. The van der Waals surface area contributed by atoms with Crippen molar-refractivity contribution in [3.8, 4) is 28.2 Å². The van der Waals surface area contributed by atoms with Gasteiger partial charge in [-0.3, -0.25) is 8.97 Å². The lowest BCUT2D eigenvalue weighted by Crippen LogP contribution is -1.97. The molecule has 0 saturated heterocycles. The maximum Gasteiger partial charge on any atom is 0.145 e. The summed E-state index contributed by atoms with van der Waals surface area (Å²) in [6, 6.07) is 45.1. The van der Waals surface area contributed by atoms with E-state index in [0.29, 0.717) is 0 Å². The van der Waals surface area contributed by atoms with Gasteiger partial charge in [0.1, 0.15) is 10.7 Å². The molecular weight excluding hydrogens is 470 g/mol. The molecule has 0 fully saturated rings. The van der Waals surface area contributed by atoms with Crippen LogP contribution in [0.2, 0.25) is 0 Å². The number of nitrogens with zero attached hydrogens (tertiary/aromatic N) is 3. The van der Waals surface area contributed by atoms with Crippen molar-refractivity contribution >= 4 is 48.3 Å². The van der Waals surface area contributed by atoms with E-state index >= 15 is 0 Å². The highest BCUT2D eigenvalue weighted by Crippen LogP contribution is 2.42. The monoisotopic (exact) mass is 491 g/mol. The van der Waals surface area contributed by atoms with Crippen molar-refractivity contribution in [3.63, 3.8) is 0 Å². The van der Waals surface area contributed by atoms with E-state index in [0.717, 1.165) is 28.1 Å². The summed E-state index contributed by atoms with van der Waals surface area (Å²) in [5, 5.41) is 1.28. The third-order valence-corrected chi connectivity index (χ3v) is 8.30. The predicted molar refractivity (Wildman–Crippen MR) is 156 cm³/mol. The molecule has 0 saturated carbocycles. The van der Waals surface area contributed by atoms with Crippen LogP contribution in [0.5, 0.6) is 0 Å². The lowest BCUT2D eigenvalue weighted by molar-refractivity contribution is 1.10. The Morgan fingerprint density at radius 2 is 1.19 bits per heavy atom. The van der Waals surface area contributed by atoms with Gasteiger partial charge in [0.05, 0.1) is 26.8 Å². The lowest BCUT2D eigenvalue weighted by atomic mass is 10.0. The van der Waals surface area contributed by atoms with Crippen LogP contribution in [0.25, 0.3) is 65.2 Å². The van der Waals surface area contributed by atoms with Crippen molar-refractivity contribution in [2.45, 2.75) is 0 Å². The average molecular weight is 492 g/mol. The first-order valence-electron chi connectivity index (χ1n) is 12.4. The zero-order chi connectivity index (χ0) is 24.3. The van der Waals surface area contributed by atoms with Gasteiger partial charge in [-0.2, -0.15) is 0 Å². The minimum absolute atomic E-state index is 0.952. The third kappa shape index (κ3) is 3.03. The molecule has 4 heteroatoms. The van der Waals surface area contributed by atoms with Gasteiger partial charge < -0.3 is 0 Å². The second-order valence-corrected chi connectivity index (χ2v) is 10.3. The molecule has 0 amide bonds. The average Bonchev–Trinajstić information content (AvgIpc) is 3.62. The van der Waals surface area contributed by atoms with Gasteiger partial charge in [0.15, 0.2) is 0 Å². The smallest absolute Gasteiger partial charge is 0.145 e. The van der Waals surface area contributed by atoms with E-state index < -0.39 is 0 Å². The summed E-state index contributed by atoms with van der Waals surface area (Å²) in [6.45, 7) is 0. The molecule has 0 radical (unpaired) electrons. The number of para-hydroxylation sites is 5. The van der Waals surface area contributed by atoms with Crippen LogP contribution in [0.4, 0.5) is 0 Å². The van der Waals surface area contributed by atoms with E-state index in [-0.39, 0.29) is 0 Å². The van der Waals surface area contributed by atoms with Crippen LogP contribution in [0, 0.1) is 0 Å². The van der Waals surface area contributed by atoms with E-state index in [4.69, 9.17) is 4.98 Å². The predicted octanol–water partition coefficient (Wildman–Crippen LogP) is 8.98. The number of fused-ring (bicyclic) bond motifs is 6. The Morgan fingerprint density at radius 1 is 0.541 bits per heavy atom. The molecule has 3 nitrogen and oxygen atoms in total. The van der Waals surface area contributed by atoms with E-state index in [1.54, 1.807) is 0 Å². The van der Waals surface area contributed by atoms with Crippen LogP contribution in [-0.4, -0.2) is 14.0 Å². The number of thiazole rings is 1. The summed E-state index contributed by atoms with van der Waals surface area (Å²) in [5.74, 6) is 0.952. The Labute approximate surface area is 217 Å². The Kier molecular flexibility index (Phi) is 4.39. The molecule has 0 spiro atoms. The van der Waals surface area contributed by atoms with Gasteiger partial charge >= 0.3 is 0 Å². The highest BCUT2D eigenvalue weighted by Gasteiger charge is 2.19. The molecule has 174 valence electrons. The summed E-state index contributed by atoms with van der Waals surface area (Å²) in [4.78, 5) is 6.33. The summed E-state index contributed by atoms with van der Waals surface area (Å²) >= 11 is 1.86. The summed E-state index contributed by atoms with van der Waals surface area (Å²) in [6.07, 6.45) is 0. The third-order valence-electron chi connectivity index (χ3n) is 7.15. The van der Waals surface area contributed by atoms with E-state index in [1.807, 2.05) is 23.5 Å². The Hall–Kier alpha value is -4.67. The van der Waals surface area contributed by atoms with Crippen LogP contribution in [0.1, 0.15) is 0 Å². The number of rotatable bonds is 3. The van der Waals surface area contributed by atoms with E-state index in [2.05, 4.69) is 124 Å². The molecule has 0 aliphatic carbocycles. The van der Waals surface area contributed by atoms with Crippen molar-refractivity contribution in [2.75, 3.05) is 0 Å². The first kappa shape index (κ1) is 20.5. The van der Waals surface area contributed by atoms with Gasteiger partial charge in [-0.15, -0.1) is 11.3 Å². The fraction of sp³-hybridized carbons (Fsp3) is 0. The summed E-state index contributed by atoms with van der Waals surface area (Å²) in [5.41, 5.74) is 9.34. The van der Waals surface area contributed by atoms with Crippen LogP contribution < -0.4 is 0 Å². The van der Waals surface area contributed by atoms with Crippen molar-refractivity contribution in [1.29, 1.82) is 0 Å². The Balaban J connectivity index is 1.34. The molecule has 3 aromatic heterocycles. The van der Waals surface area contributed by atoms with Crippen LogP contribution >= 0.6 is 11.3 Å². The molecule has 37 heavy (non-hydrogen) atoms. The molecule has 3 heterocycles. The number of hydrogen-bond acceptors (Lipinski definition) is 2. The normalized spacial score (nSPS) is 11.8. The van der Waals surface area contributed by atoms with Crippen molar-refractivity contribution in [3.05, 3.63) is 127 Å². The molecule has 0 bridgehead atoms.